The number of hydrogen-bond donors (Lipinski definition) is 0. The van der Waals surface area contributed by atoms with Gasteiger partial charge in [0, 0.05) is 12.8 Å². The molecule has 61 heavy (non-hydrogen) atoms. The van der Waals surface area contributed by atoms with Crippen molar-refractivity contribution in [1.29, 1.82) is 0 Å². The molecule has 0 heterocycles. The summed E-state index contributed by atoms with van der Waals surface area (Å²) in [6.45, 7) is 4.25. The Morgan fingerprint density at radius 2 is 0.836 bits per heavy atom. The summed E-state index contributed by atoms with van der Waals surface area (Å²) in [5.74, 6) is -0.831. The van der Waals surface area contributed by atoms with Gasteiger partial charge in [-0.25, -0.2) is 0 Å². The highest BCUT2D eigenvalue weighted by atomic mass is 31.2. The largest absolute Gasteiger partial charge is 0.756 e. The van der Waals surface area contributed by atoms with Crippen LogP contribution in [0.2, 0.25) is 0 Å². The molecule has 0 aliphatic carbocycles. The second-order valence-electron chi connectivity index (χ2n) is 18.9. The predicted octanol–water partition coefficient (Wildman–Crippen LogP) is 14.7. The van der Waals surface area contributed by atoms with Gasteiger partial charge in [-0.2, -0.15) is 0 Å². The van der Waals surface area contributed by atoms with E-state index in [9.17, 15) is 19.0 Å². The van der Waals surface area contributed by atoms with Crippen molar-refractivity contribution >= 4 is 19.8 Å². The quantitative estimate of drug-likeness (QED) is 0.0195. The molecule has 0 saturated carbocycles. The predicted molar refractivity (Wildman–Crippen MR) is 255 cm³/mol. The van der Waals surface area contributed by atoms with E-state index in [0.717, 1.165) is 51.4 Å². The van der Waals surface area contributed by atoms with Gasteiger partial charge in [-0.05, 0) is 38.5 Å². The molecule has 0 aliphatic rings. The molecule has 0 radical (unpaired) electrons. The molecular formula is C51H100NO8P. The third-order valence-electron chi connectivity index (χ3n) is 11.5. The van der Waals surface area contributed by atoms with E-state index < -0.39 is 26.5 Å². The lowest BCUT2D eigenvalue weighted by Crippen LogP contribution is -2.37. The first-order valence-corrected chi connectivity index (χ1v) is 27.4. The summed E-state index contributed by atoms with van der Waals surface area (Å²) in [7, 11) is 1.17. The molecule has 0 bridgehead atoms. The molecular weight excluding hydrogens is 786 g/mol. The number of ether oxygens (including phenoxy) is 2. The smallest absolute Gasteiger partial charge is 0.306 e. The zero-order chi connectivity index (χ0) is 45.0. The molecule has 9 nitrogen and oxygen atoms in total. The van der Waals surface area contributed by atoms with Gasteiger partial charge in [0.2, 0.25) is 0 Å². The molecule has 0 aliphatic heterocycles. The number of phosphoric acid groups is 1. The summed E-state index contributed by atoms with van der Waals surface area (Å²) < 4.78 is 34.0. The number of allylic oxidation sites excluding steroid dienone is 2. The van der Waals surface area contributed by atoms with Crippen LogP contribution >= 0.6 is 7.82 Å². The van der Waals surface area contributed by atoms with Gasteiger partial charge in [-0.3, -0.25) is 14.2 Å². The van der Waals surface area contributed by atoms with E-state index in [1.165, 1.54) is 167 Å². The van der Waals surface area contributed by atoms with Crippen LogP contribution in [0.4, 0.5) is 0 Å². The van der Waals surface area contributed by atoms with Crippen molar-refractivity contribution in [1.82, 2.24) is 0 Å². The second kappa shape index (κ2) is 44.0. The number of phosphoric ester groups is 1. The minimum atomic E-state index is -4.62. The molecule has 0 spiro atoms. The number of carbonyl (C=O) groups excluding carboxylic acids is 2. The van der Waals surface area contributed by atoms with Crippen molar-refractivity contribution in [3.63, 3.8) is 0 Å². The Kier molecular flexibility index (Phi) is 43.1. The lowest BCUT2D eigenvalue weighted by atomic mass is 10.0. The highest BCUT2D eigenvalue weighted by molar-refractivity contribution is 7.45. The molecule has 0 rings (SSSR count). The number of likely N-dealkylation sites (N-methyl/N-ethyl adjacent to an activating group) is 1. The number of esters is 2. The fraction of sp³-hybridized carbons (Fsp3) is 0.922. The van der Waals surface area contributed by atoms with Gasteiger partial charge >= 0.3 is 11.9 Å². The number of unbranched alkanes of at least 4 members (excludes halogenated alkanes) is 32. The molecule has 0 aromatic rings. The van der Waals surface area contributed by atoms with Gasteiger partial charge in [0.15, 0.2) is 6.10 Å². The monoisotopic (exact) mass is 886 g/mol. The first-order valence-electron chi connectivity index (χ1n) is 25.9. The fourth-order valence-corrected chi connectivity index (χ4v) is 8.20. The van der Waals surface area contributed by atoms with E-state index in [0.29, 0.717) is 17.4 Å². The van der Waals surface area contributed by atoms with Crippen LogP contribution in [0.15, 0.2) is 12.2 Å². The maximum Gasteiger partial charge on any atom is 0.306 e. The van der Waals surface area contributed by atoms with Crippen LogP contribution in [0.3, 0.4) is 0 Å². The molecule has 362 valence electrons. The summed E-state index contributed by atoms with van der Waals surface area (Å²) in [5.41, 5.74) is 0. The Labute approximate surface area is 377 Å². The topological polar surface area (TPSA) is 111 Å². The van der Waals surface area contributed by atoms with Crippen LogP contribution in [0.25, 0.3) is 0 Å². The molecule has 0 aromatic carbocycles. The molecule has 0 N–H and O–H groups in total. The van der Waals surface area contributed by atoms with Crippen molar-refractivity contribution < 1.29 is 42.1 Å². The van der Waals surface area contributed by atoms with E-state index >= 15 is 0 Å². The highest BCUT2D eigenvalue weighted by Gasteiger charge is 2.21. The van der Waals surface area contributed by atoms with Gasteiger partial charge in [0.25, 0.3) is 7.82 Å². The average molecular weight is 886 g/mol. The van der Waals surface area contributed by atoms with E-state index in [1.807, 2.05) is 21.1 Å². The van der Waals surface area contributed by atoms with Gasteiger partial charge in [-0.1, -0.05) is 212 Å². The summed E-state index contributed by atoms with van der Waals surface area (Å²) >= 11 is 0. The van der Waals surface area contributed by atoms with Crippen molar-refractivity contribution in [2.24, 2.45) is 0 Å². The Bertz CT molecular complexity index is 1050. The highest BCUT2D eigenvalue weighted by Crippen LogP contribution is 2.38. The average Bonchev–Trinajstić information content (AvgIpc) is 3.21. The fourth-order valence-electron chi connectivity index (χ4n) is 7.48. The molecule has 10 heteroatoms. The van der Waals surface area contributed by atoms with E-state index in [1.54, 1.807) is 0 Å². The summed E-state index contributed by atoms with van der Waals surface area (Å²) in [4.78, 5) is 37.6. The van der Waals surface area contributed by atoms with E-state index in [-0.39, 0.29) is 32.0 Å². The van der Waals surface area contributed by atoms with Crippen LogP contribution in [-0.2, 0) is 32.7 Å². The number of quaternary nitrogens is 1. The normalized spacial score (nSPS) is 13.5. The first kappa shape index (κ1) is 59.8. The Morgan fingerprint density at radius 3 is 1.23 bits per heavy atom. The van der Waals surface area contributed by atoms with Crippen molar-refractivity contribution in [3.8, 4) is 0 Å². The van der Waals surface area contributed by atoms with Crippen molar-refractivity contribution in [2.75, 3.05) is 47.5 Å². The lowest BCUT2D eigenvalue weighted by Gasteiger charge is -2.28. The molecule has 2 atom stereocenters. The number of carbonyl (C=O) groups is 2. The minimum absolute atomic E-state index is 0.0291. The lowest BCUT2D eigenvalue weighted by molar-refractivity contribution is -0.870. The molecule has 0 saturated heterocycles. The van der Waals surface area contributed by atoms with E-state index in [2.05, 4.69) is 26.0 Å². The third-order valence-corrected chi connectivity index (χ3v) is 12.5. The van der Waals surface area contributed by atoms with Crippen LogP contribution in [0.5, 0.6) is 0 Å². The zero-order valence-corrected chi connectivity index (χ0v) is 41.8. The van der Waals surface area contributed by atoms with Crippen LogP contribution in [0.1, 0.15) is 251 Å². The molecule has 2 unspecified atom stereocenters. The summed E-state index contributed by atoms with van der Waals surface area (Å²) in [5, 5.41) is 0. The van der Waals surface area contributed by atoms with E-state index in [4.69, 9.17) is 18.5 Å². The molecule has 0 aromatic heterocycles. The van der Waals surface area contributed by atoms with Crippen LogP contribution < -0.4 is 4.89 Å². The Balaban J connectivity index is 4.12. The Morgan fingerprint density at radius 1 is 0.492 bits per heavy atom. The van der Waals surface area contributed by atoms with Crippen molar-refractivity contribution in [3.05, 3.63) is 12.2 Å². The maximum absolute atomic E-state index is 12.7. The number of rotatable bonds is 48. The Hall–Kier alpha value is -1.25. The number of nitrogens with zero attached hydrogens (tertiary/aromatic N) is 1. The first-order chi connectivity index (χ1) is 29.5. The zero-order valence-electron chi connectivity index (χ0n) is 40.9. The van der Waals surface area contributed by atoms with Gasteiger partial charge in [-0.15, -0.1) is 0 Å². The van der Waals surface area contributed by atoms with Crippen molar-refractivity contribution in [2.45, 2.75) is 258 Å². The SMILES string of the molecule is CCCCCC/C=C\CCCCCCCC(=O)OC(COC(=O)CCCCCCCCCCCCCCCCCCCCCCCCCC)COP(=O)([O-])OCC[N+](C)(C)C. The van der Waals surface area contributed by atoms with Crippen LogP contribution in [0, 0.1) is 0 Å². The molecule has 0 amide bonds. The number of hydrogen-bond acceptors (Lipinski definition) is 8. The van der Waals surface area contributed by atoms with Gasteiger partial charge in [0.05, 0.1) is 27.7 Å². The summed E-state index contributed by atoms with van der Waals surface area (Å²) in [6.07, 6.45) is 48.2. The standard InChI is InChI=1S/C51H100NO8P/c1-6-8-10-12-14-16-18-20-21-22-23-24-25-26-27-28-29-30-32-33-35-37-39-41-43-50(53)57-47-49(48-59-61(55,56)58-46-45-52(3,4)5)60-51(54)44-42-40-38-36-34-31-19-17-15-13-11-9-7-2/h17,19,49H,6-16,18,20-48H2,1-5H3/b19-17-. The summed E-state index contributed by atoms with van der Waals surface area (Å²) in [6, 6.07) is 0. The van der Waals surface area contributed by atoms with Gasteiger partial charge in [0.1, 0.15) is 19.8 Å². The third kappa shape index (κ3) is 48.1. The molecule has 0 fully saturated rings. The van der Waals surface area contributed by atoms with Crippen LogP contribution in [-0.4, -0.2) is 70.0 Å². The maximum atomic E-state index is 12.7. The van der Waals surface area contributed by atoms with Gasteiger partial charge < -0.3 is 27.9 Å². The second-order valence-corrected chi connectivity index (χ2v) is 20.3. The minimum Gasteiger partial charge on any atom is -0.756 e.